The normalized spacial score (nSPS) is 20.7. The van der Waals surface area contributed by atoms with Crippen LogP contribution in [0.3, 0.4) is 0 Å². The number of hydrogen-bond donors (Lipinski definition) is 1. The molecule has 0 spiro atoms. The van der Waals surface area contributed by atoms with Gasteiger partial charge in [-0.25, -0.2) is 0 Å². The highest BCUT2D eigenvalue weighted by molar-refractivity contribution is 5.15. The summed E-state index contributed by atoms with van der Waals surface area (Å²) in [5, 5.41) is 3.86. The largest absolute Gasteiger partial charge is 0.313 e. The number of hydrogen-bond acceptors (Lipinski definition) is 1. The van der Waals surface area contributed by atoms with Crippen molar-refractivity contribution in [1.82, 2.24) is 5.32 Å². The monoisotopic (exact) mass is 257 g/mol. The van der Waals surface area contributed by atoms with E-state index in [0.29, 0.717) is 6.04 Å². The average Bonchev–Trinajstić information content (AvgIpc) is 3.31. The Bertz CT molecular complexity index is 366. The van der Waals surface area contributed by atoms with Crippen molar-refractivity contribution in [2.24, 2.45) is 17.8 Å². The van der Waals surface area contributed by atoms with Gasteiger partial charge in [-0.1, -0.05) is 37.3 Å². The Hall–Kier alpha value is -0.820. The van der Waals surface area contributed by atoms with E-state index in [1.807, 2.05) is 0 Å². The molecule has 19 heavy (non-hydrogen) atoms. The molecule has 1 aromatic rings. The van der Waals surface area contributed by atoms with Gasteiger partial charge in [0.2, 0.25) is 0 Å². The first-order valence-corrected chi connectivity index (χ1v) is 8.14. The van der Waals surface area contributed by atoms with Gasteiger partial charge in [0.05, 0.1) is 0 Å². The fourth-order valence-corrected chi connectivity index (χ4v) is 3.33. The minimum atomic E-state index is 0.655. The summed E-state index contributed by atoms with van der Waals surface area (Å²) in [4.78, 5) is 0. The quantitative estimate of drug-likeness (QED) is 0.741. The molecule has 2 aliphatic carbocycles. The average molecular weight is 257 g/mol. The van der Waals surface area contributed by atoms with Crippen LogP contribution in [0.4, 0.5) is 0 Å². The van der Waals surface area contributed by atoms with Crippen LogP contribution in [0.5, 0.6) is 0 Å². The smallest absolute Gasteiger partial charge is 0.0105 e. The summed E-state index contributed by atoms with van der Waals surface area (Å²) in [5.41, 5.74) is 1.47. The molecule has 3 rings (SSSR count). The van der Waals surface area contributed by atoms with E-state index in [4.69, 9.17) is 0 Å². The zero-order chi connectivity index (χ0) is 13.1. The van der Waals surface area contributed by atoms with E-state index in [1.54, 1.807) is 0 Å². The maximum absolute atomic E-state index is 3.86. The zero-order valence-corrected chi connectivity index (χ0v) is 12.1. The molecule has 2 aliphatic rings. The first kappa shape index (κ1) is 13.2. The lowest BCUT2D eigenvalue weighted by Crippen LogP contribution is -2.35. The van der Waals surface area contributed by atoms with Gasteiger partial charge in [0.15, 0.2) is 0 Å². The van der Waals surface area contributed by atoms with Crippen molar-refractivity contribution >= 4 is 0 Å². The standard InChI is InChI=1S/C18H27N/c1-2-17(12-14-6-4-3-5-7-14)19-13-18(15-8-9-15)16-10-11-16/h3-7,15-19H,2,8-13H2,1H3. The third-order valence-electron chi connectivity index (χ3n) is 4.91. The summed E-state index contributed by atoms with van der Waals surface area (Å²) in [5.74, 6) is 3.12. The lowest BCUT2D eigenvalue weighted by Gasteiger charge is -2.22. The van der Waals surface area contributed by atoms with Crippen LogP contribution >= 0.6 is 0 Å². The SMILES string of the molecule is CCC(Cc1ccccc1)NCC(C1CC1)C1CC1. The second-order valence-electron chi connectivity index (χ2n) is 6.54. The molecule has 1 atom stereocenters. The van der Waals surface area contributed by atoms with E-state index in [-0.39, 0.29) is 0 Å². The molecule has 0 amide bonds. The molecule has 1 nitrogen and oxygen atoms in total. The number of benzene rings is 1. The summed E-state index contributed by atoms with van der Waals surface area (Å²) in [7, 11) is 0. The van der Waals surface area contributed by atoms with Gasteiger partial charge in [-0.05, 0) is 68.4 Å². The van der Waals surface area contributed by atoms with E-state index in [2.05, 4.69) is 42.6 Å². The van der Waals surface area contributed by atoms with E-state index in [1.165, 1.54) is 50.6 Å². The Labute approximate surface area is 117 Å². The van der Waals surface area contributed by atoms with Crippen molar-refractivity contribution in [3.05, 3.63) is 35.9 Å². The van der Waals surface area contributed by atoms with Crippen molar-refractivity contribution in [3.63, 3.8) is 0 Å². The maximum Gasteiger partial charge on any atom is 0.0105 e. The molecular weight excluding hydrogens is 230 g/mol. The summed E-state index contributed by atoms with van der Waals surface area (Å²) in [6, 6.07) is 11.6. The van der Waals surface area contributed by atoms with Crippen molar-refractivity contribution in [1.29, 1.82) is 0 Å². The van der Waals surface area contributed by atoms with Crippen molar-refractivity contribution in [2.45, 2.75) is 51.5 Å². The van der Waals surface area contributed by atoms with Crippen LogP contribution in [-0.2, 0) is 6.42 Å². The van der Waals surface area contributed by atoms with Crippen LogP contribution in [0.1, 0.15) is 44.6 Å². The topological polar surface area (TPSA) is 12.0 Å². The molecule has 0 saturated heterocycles. The van der Waals surface area contributed by atoms with Gasteiger partial charge >= 0.3 is 0 Å². The molecule has 1 aromatic carbocycles. The molecule has 0 radical (unpaired) electrons. The first-order valence-electron chi connectivity index (χ1n) is 8.14. The lowest BCUT2D eigenvalue weighted by atomic mass is 9.96. The Morgan fingerprint density at radius 2 is 1.68 bits per heavy atom. The Balaban J connectivity index is 1.48. The van der Waals surface area contributed by atoms with Crippen LogP contribution in [0, 0.1) is 17.8 Å². The highest BCUT2D eigenvalue weighted by Gasteiger charge is 2.41. The zero-order valence-electron chi connectivity index (χ0n) is 12.1. The van der Waals surface area contributed by atoms with Gasteiger partial charge in [0, 0.05) is 6.04 Å². The van der Waals surface area contributed by atoms with Gasteiger partial charge in [-0.3, -0.25) is 0 Å². The molecule has 0 aliphatic heterocycles. The summed E-state index contributed by atoms with van der Waals surface area (Å²) < 4.78 is 0. The summed E-state index contributed by atoms with van der Waals surface area (Å²) in [6.07, 6.45) is 8.41. The van der Waals surface area contributed by atoms with Gasteiger partial charge < -0.3 is 5.32 Å². The van der Waals surface area contributed by atoms with Gasteiger partial charge in [0.25, 0.3) is 0 Å². The summed E-state index contributed by atoms with van der Waals surface area (Å²) >= 11 is 0. The number of nitrogens with one attached hydrogen (secondary N) is 1. The van der Waals surface area contributed by atoms with E-state index < -0.39 is 0 Å². The van der Waals surface area contributed by atoms with E-state index >= 15 is 0 Å². The Morgan fingerprint density at radius 3 is 2.21 bits per heavy atom. The molecule has 2 fully saturated rings. The number of rotatable bonds is 8. The van der Waals surface area contributed by atoms with Crippen LogP contribution in [0.15, 0.2) is 30.3 Å². The fraction of sp³-hybridized carbons (Fsp3) is 0.667. The van der Waals surface area contributed by atoms with E-state index in [9.17, 15) is 0 Å². The molecule has 1 heteroatoms. The predicted octanol–water partition coefficient (Wildman–Crippen LogP) is 4.03. The minimum Gasteiger partial charge on any atom is -0.313 e. The molecular formula is C18H27N. The second-order valence-corrected chi connectivity index (χ2v) is 6.54. The molecule has 1 N–H and O–H groups in total. The first-order chi connectivity index (χ1) is 9.36. The van der Waals surface area contributed by atoms with Crippen LogP contribution in [0.2, 0.25) is 0 Å². The highest BCUT2D eigenvalue weighted by Crippen LogP contribution is 2.48. The Kier molecular flexibility index (Phi) is 4.22. The predicted molar refractivity (Wildman–Crippen MR) is 81.2 cm³/mol. The highest BCUT2D eigenvalue weighted by atomic mass is 14.9. The molecule has 1 unspecified atom stereocenters. The Morgan fingerprint density at radius 1 is 1.05 bits per heavy atom. The minimum absolute atomic E-state index is 0.655. The van der Waals surface area contributed by atoms with Crippen LogP contribution in [0.25, 0.3) is 0 Å². The molecule has 0 heterocycles. The summed E-state index contributed by atoms with van der Waals surface area (Å²) in [6.45, 7) is 3.57. The maximum atomic E-state index is 3.86. The second kappa shape index (κ2) is 6.09. The lowest BCUT2D eigenvalue weighted by molar-refractivity contribution is 0.349. The van der Waals surface area contributed by atoms with Gasteiger partial charge in [-0.2, -0.15) is 0 Å². The van der Waals surface area contributed by atoms with Crippen LogP contribution < -0.4 is 5.32 Å². The molecule has 2 saturated carbocycles. The van der Waals surface area contributed by atoms with E-state index in [0.717, 1.165) is 17.8 Å². The van der Waals surface area contributed by atoms with Crippen molar-refractivity contribution < 1.29 is 0 Å². The van der Waals surface area contributed by atoms with Crippen LogP contribution in [-0.4, -0.2) is 12.6 Å². The van der Waals surface area contributed by atoms with Crippen molar-refractivity contribution in [3.8, 4) is 0 Å². The molecule has 104 valence electrons. The molecule has 0 aromatic heterocycles. The molecule has 0 bridgehead atoms. The third kappa shape index (κ3) is 3.82. The third-order valence-corrected chi connectivity index (χ3v) is 4.91. The van der Waals surface area contributed by atoms with Gasteiger partial charge in [-0.15, -0.1) is 0 Å². The fourth-order valence-electron chi connectivity index (χ4n) is 3.33. The van der Waals surface area contributed by atoms with Crippen molar-refractivity contribution in [2.75, 3.05) is 6.54 Å². The van der Waals surface area contributed by atoms with Gasteiger partial charge in [0.1, 0.15) is 0 Å².